The van der Waals surface area contributed by atoms with Crippen LogP contribution in [0.25, 0.3) is 0 Å². The molecule has 0 aliphatic carbocycles. The second kappa shape index (κ2) is 7.41. The highest BCUT2D eigenvalue weighted by Gasteiger charge is 2.12. The number of halogens is 1. The highest BCUT2D eigenvalue weighted by Crippen LogP contribution is 2.16. The van der Waals surface area contributed by atoms with Crippen LogP contribution in [-0.4, -0.2) is 34.3 Å². The van der Waals surface area contributed by atoms with Crippen LogP contribution < -0.4 is 5.32 Å². The van der Waals surface area contributed by atoms with Crippen molar-refractivity contribution >= 4 is 22.0 Å². The van der Waals surface area contributed by atoms with Crippen LogP contribution in [0, 0.1) is 0 Å². The van der Waals surface area contributed by atoms with Crippen molar-refractivity contribution in [2.24, 2.45) is 0 Å². The van der Waals surface area contributed by atoms with Crippen LogP contribution in [0.4, 0.5) is 4.79 Å². The van der Waals surface area contributed by atoms with Gasteiger partial charge in [0.25, 0.3) is 0 Å². The van der Waals surface area contributed by atoms with Crippen molar-refractivity contribution in [1.82, 2.24) is 20.0 Å². The van der Waals surface area contributed by atoms with Crippen molar-refractivity contribution in [3.8, 4) is 0 Å². The third kappa shape index (κ3) is 4.33. The molecule has 0 unspecified atom stereocenters. The molecule has 1 rings (SSSR count). The van der Waals surface area contributed by atoms with E-state index in [0.717, 1.165) is 36.1 Å². The molecule has 0 bridgehead atoms. The number of carbonyl (C=O) groups excluding carboxylic acids is 1. The summed E-state index contributed by atoms with van der Waals surface area (Å²) in [5.41, 5.74) is 0.880. The summed E-state index contributed by atoms with van der Waals surface area (Å²) in [5, 5.41) is 7.28. The average molecular weight is 317 g/mol. The lowest BCUT2D eigenvalue weighted by Crippen LogP contribution is -2.37. The van der Waals surface area contributed by atoms with Crippen molar-refractivity contribution < 1.29 is 4.79 Å². The summed E-state index contributed by atoms with van der Waals surface area (Å²) >= 11 is 3.46. The normalized spacial score (nSPS) is 10.4. The first kappa shape index (κ1) is 15.0. The van der Waals surface area contributed by atoms with Gasteiger partial charge < -0.3 is 10.2 Å². The summed E-state index contributed by atoms with van der Waals surface area (Å²) in [6, 6.07) is -0.0543. The van der Waals surface area contributed by atoms with E-state index in [1.165, 1.54) is 0 Å². The molecular formula is C12H21BrN4O. The number of nitrogens with zero attached hydrogens (tertiary/aromatic N) is 3. The quantitative estimate of drug-likeness (QED) is 0.820. The zero-order valence-electron chi connectivity index (χ0n) is 11.2. The number of carbonyl (C=O) groups is 1. The number of hydrogen-bond donors (Lipinski definition) is 1. The molecule has 1 heterocycles. The molecule has 0 saturated heterocycles. The molecule has 0 atom stereocenters. The molecule has 0 spiro atoms. The Morgan fingerprint density at radius 2 is 2.28 bits per heavy atom. The number of aromatic nitrogens is 2. The minimum atomic E-state index is -0.0543. The Labute approximate surface area is 117 Å². The Hall–Kier alpha value is -1.04. The Balaban J connectivity index is 2.49. The molecule has 2 amide bonds. The summed E-state index contributed by atoms with van der Waals surface area (Å²) in [4.78, 5) is 13.4. The highest BCUT2D eigenvalue weighted by atomic mass is 79.9. The lowest BCUT2D eigenvalue weighted by atomic mass is 10.3. The van der Waals surface area contributed by atoms with Crippen LogP contribution in [0.5, 0.6) is 0 Å². The monoisotopic (exact) mass is 316 g/mol. The van der Waals surface area contributed by atoms with E-state index in [0.29, 0.717) is 6.54 Å². The third-order valence-corrected chi connectivity index (χ3v) is 3.31. The maximum atomic E-state index is 11.8. The smallest absolute Gasteiger partial charge is 0.317 e. The van der Waals surface area contributed by atoms with Gasteiger partial charge in [-0.2, -0.15) is 5.10 Å². The van der Waals surface area contributed by atoms with E-state index < -0.39 is 0 Å². The maximum Gasteiger partial charge on any atom is 0.317 e. The van der Waals surface area contributed by atoms with Crippen molar-refractivity contribution in [2.75, 3.05) is 13.6 Å². The Kier molecular flexibility index (Phi) is 6.18. The zero-order chi connectivity index (χ0) is 13.5. The lowest BCUT2D eigenvalue weighted by molar-refractivity contribution is 0.206. The van der Waals surface area contributed by atoms with Crippen LogP contribution in [-0.2, 0) is 13.1 Å². The van der Waals surface area contributed by atoms with Gasteiger partial charge in [0.1, 0.15) is 0 Å². The Morgan fingerprint density at radius 1 is 1.56 bits per heavy atom. The third-order valence-electron chi connectivity index (χ3n) is 2.65. The number of rotatable bonds is 6. The first-order valence-electron chi connectivity index (χ1n) is 6.29. The van der Waals surface area contributed by atoms with E-state index >= 15 is 0 Å². The maximum absolute atomic E-state index is 11.8. The van der Waals surface area contributed by atoms with Gasteiger partial charge in [0, 0.05) is 26.3 Å². The average Bonchev–Trinajstić information content (AvgIpc) is 2.70. The van der Waals surface area contributed by atoms with Gasteiger partial charge in [-0.1, -0.05) is 13.3 Å². The largest absolute Gasteiger partial charge is 0.338 e. The minimum Gasteiger partial charge on any atom is -0.338 e. The molecule has 1 aromatic heterocycles. The Morgan fingerprint density at radius 3 is 2.83 bits per heavy atom. The van der Waals surface area contributed by atoms with Crippen molar-refractivity contribution in [2.45, 2.75) is 39.8 Å². The van der Waals surface area contributed by atoms with Crippen LogP contribution in [0.1, 0.15) is 32.4 Å². The summed E-state index contributed by atoms with van der Waals surface area (Å²) in [5.74, 6) is 0. The van der Waals surface area contributed by atoms with Gasteiger partial charge >= 0.3 is 6.03 Å². The van der Waals surface area contributed by atoms with E-state index in [-0.39, 0.29) is 6.03 Å². The van der Waals surface area contributed by atoms with Gasteiger partial charge in [0.05, 0.1) is 16.7 Å². The van der Waals surface area contributed by atoms with E-state index in [9.17, 15) is 4.79 Å². The van der Waals surface area contributed by atoms with Crippen LogP contribution in [0.2, 0.25) is 0 Å². The van der Waals surface area contributed by atoms with Crippen molar-refractivity contribution in [3.05, 3.63) is 16.4 Å². The van der Waals surface area contributed by atoms with Gasteiger partial charge in [0.2, 0.25) is 0 Å². The second-order valence-electron chi connectivity index (χ2n) is 4.22. The fraction of sp³-hybridized carbons (Fsp3) is 0.667. The molecule has 5 nitrogen and oxygen atoms in total. The number of unbranched alkanes of at least 4 members (excludes halogenated alkanes) is 1. The number of aryl methyl sites for hydroxylation is 1. The van der Waals surface area contributed by atoms with E-state index in [1.807, 2.05) is 17.8 Å². The van der Waals surface area contributed by atoms with Gasteiger partial charge in [-0.15, -0.1) is 0 Å². The number of nitrogens with one attached hydrogen (secondary N) is 1. The molecule has 6 heteroatoms. The molecule has 0 aromatic carbocycles. The number of urea groups is 1. The summed E-state index contributed by atoms with van der Waals surface area (Å²) in [6.45, 7) is 6.19. The summed E-state index contributed by atoms with van der Waals surface area (Å²) < 4.78 is 2.79. The fourth-order valence-corrected chi connectivity index (χ4v) is 1.95. The molecule has 0 aliphatic heterocycles. The van der Waals surface area contributed by atoms with Crippen LogP contribution in [0.3, 0.4) is 0 Å². The van der Waals surface area contributed by atoms with Crippen molar-refractivity contribution in [3.63, 3.8) is 0 Å². The molecular weight excluding hydrogens is 296 g/mol. The standard InChI is InChI=1S/C12H21BrN4O/c1-4-6-7-14-12(18)16(3)9-11-10(13)8-17(5-2)15-11/h8H,4-7,9H2,1-3H3,(H,14,18). The molecule has 0 aliphatic rings. The van der Waals surface area contributed by atoms with Gasteiger partial charge in [0.15, 0.2) is 0 Å². The van der Waals surface area contributed by atoms with Gasteiger partial charge in [-0.25, -0.2) is 4.79 Å². The van der Waals surface area contributed by atoms with Gasteiger partial charge in [-0.3, -0.25) is 4.68 Å². The lowest BCUT2D eigenvalue weighted by Gasteiger charge is -2.16. The van der Waals surface area contributed by atoms with Gasteiger partial charge in [-0.05, 0) is 29.3 Å². The first-order chi connectivity index (χ1) is 8.58. The second-order valence-corrected chi connectivity index (χ2v) is 5.08. The molecule has 0 fully saturated rings. The van der Waals surface area contributed by atoms with Crippen LogP contribution >= 0.6 is 15.9 Å². The topological polar surface area (TPSA) is 50.2 Å². The SMILES string of the molecule is CCCCNC(=O)N(C)Cc1nn(CC)cc1Br. The highest BCUT2D eigenvalue weighted by molar-refractivity contribution is 9.10. The molecule has 1 aromatic rings. The molecule has 0 saturated carbocycles. The fourth-order valence-electron chi connectivity index (χ4n) is 1.51. The summed E-state index contributed by atoms with van der Waals surface area (Å²) in [7, 11) is 1.78. The molecule has 1 N–H and O–H groups in total. The van der Waals surface area contributed by atoms with E-state index in [4.69, 9.17) is 0 Å². The zero-order valence-corrected chi connectivity index (χ0v) is 12.8. The first-order valence-corrected chi connectivity index (χ1v) is 7.08. The molecule has 0 radical (unpaired) electrons. The summed E-state index contributed by atoms with van der Waals surface area (Å²) in [6.07, 6.45) is 4.02. The van der Waals surface area contributed by atoms with E-state index in [2.05, 4.69) is 33.3 Å². The van der Waals surface area contributed by atoms with E-state index in [1.54, 1.807) is 11.9 Å². The predicted octanol–water partition coefficient (Wildman–Crippen LogP) is 2.61. The predicted molar refractivity (Wildman–Crippen MR) is 75.4 cm³/mol. The number of hydrogen-bond acceptors (Lipinski definition) is 2. The molecule has 18 heavy (non-hydrogen) atoms. The van der Waals surface area contributed by atoms with Crippen molar-refractivity contribution in [1.29, 1.82) is 0 Å². The number of amides is 2. The Bertz CT molecular complexity index is 391. The molecule has 102 valence electrons. The minimum absolute atomic E-state index is 0.0543. The van der Waals surface area contributed by atoms with Crippen LogP contribution in [0.15, 0.2) is 10.7 Å².